The Hall–Kier alpha value is -3.91. The molecular formula is C27H22F3NO4. The number of para-hydroxylation sites is 1. The van der Waals surface area contributed by atoms with Crippen LogP contribution in [0.3, 0.4) is 0 Å². The van der Waals surface area contributed by atoms with Crippen LogP contribution >= 0.6 is 0 Å². The van der Waals surface area contributed by atoms with Crippen molar-refractivity contribution in [1.82, 2.24) is 4.98 Å². The number of methoxy groups -OCH3 is 1. The van der Waals surface area contributed by atoms with Gasteiger partial charge in [0.15, 0.2) is 0 Å². The maximum Gasteiger partial charge on any atom is 0.418 e. The van der Waals surface area contributed by atoms with Gasteiger partial charge in [0, 0.05) is 11.6 Å². The summed E-state index contributed by atoms with van der Waals surface area (Å²) in [5.74, 6) is 0.132. The van der Waals surface area contributed by atoms with Crippen LogP contribution in [0.15, 0.2) is 79.0 Å². The number of halogens is 3. The molecule has 0 fully saturated rings. The number of hydrogen-bond acceptors (Lipinski definition) is 5. The van der Waals surface area contributed by atoms with Gasteiger partial charge in [-0.3, -0.25) is 4.98 Å². The molecule has 0 saturated carbocycles. The molecule has 0 radical (unpaired) electrons. The number of benzene rings is 3. The molecule has 35 heavy (non-hydrogen) atoms. The number of carbonyl (C=O) groups excluding carboxylic acids is 1. The quantitative estimate of drug-likeness (QED) is 0.281. The van der Waals surface area contributed by atoms with Crippen LogP contribution in [-0.2, 0) is 33.7 Å². The van der Waals surface area contributed by atoms with E-state index in [4.69, 9.17) is 9.47 Å². The van der Waals surface area contributed by atoms with Gasteiger partial charge in [-0.25, -0.2) is 4.79 Å². The van der Waals surface area contributed by atoms with Crippen LogP contribution in [0.4, 0.5) is 13.2 Å². The van der Waals surface area contributed by atoms with Crippen molar-refractivity contribution in [3.05, 3.63) is 95.7 Å². The van der Waals surface area contributed by atoms with Gasteiger partial charge in [-0.1, -0.05) is 48.5 Å². The van der Waals surface area contributed by atoms with Gasteiger partial charge in [0.25, 0.3) is 0 Å². The molecule has 1 heterocycles. The number of esters is 1. The van der Waals surface area contributed by atoms with Crippen molar-refractivity contribution < 1.29 is 32.2 Å². The maximum absolute atomic E-state index is 13.4. The van der Waals surface area contributed by atoms with E-state index in [1.807, 2.05) is 30.3 Å². The van der Waals surface area contributed by atoms with Crippen LogP contribution in [-0.4, -0.2) is 24.7 Å². The molecule has 0 saturated heterocycles. The second-order valence-electron chi connectivity index (χ2n) is 7.76. The molecule has 4 aromatic rings. The van der Waals surface area contributed by atoms with Gasteiger partial charge in [0.05, 0.1) is 24.8 Å². The summed E-state index contributed by atoms with van der Waals surface area (Å²) >= 11 is 0. The number of aromatic nitrogens is 1. The third-order valence-electron chi connectivity index (χ3n) is 5.33. The summed E-state index contributed by atoms with van der Waals surface area (Å²) in [5, 5.41) is 0.416. The molecule has 0 bridgehead atoms. The molecular weight excluding hydrogens is 459 g/mol. The number of alkyl halides is 3. The number of ether oxygens (including phenoxy) is 3. The number of fused-ring (bicyclic) bond motifs is 1. The monoisotopic (exact) mass is 481 g/mol. The smallest absolute Gasteiger partial charge is 0.418 e. The first-order valence-electron chi connectivity index (χ1n) is 10.8. The molecule has 0 aliphatic carbocycles. The zero-order chi connectivity index (χ0) is 24.8. The molecule has 5 nitrogen and oxygen atoms in total. The lowest BCUT2D eigenvalue weighted by Crippen LogP contribution is -2.10. The van der Waals surface area contributed by atoms with E-state index in [0.717, 1.165) is 22.8 Å². The molecule has 0 spiro atoms. The fraction of sp³-hybridized carbons (Fsp3) is 0.185. The fourth-order valence-electron chi connectivity index (χ4n) is 3.70. The highest BCUT2D eigenvalue weighted by atomic mass is 19.4. The van der Waals surface area contributed by atoms with Crippen molar-refractivity contribution in [3.8, 4) is 16.9 Å². The number of pyridine rings is 1. The first-order valence-corrected chi connectivity index (χ1v) is 10.8. The van der Waals surface area contributed by atoms with Crippen molar-refractivity contribution in [2.45, 2.75) is 19.4 Å². The molecule has 8 heteroatoms. The zero-order valence-electron chi connectivity index (χ0n) is 18.8. The molecule has 180 valence electrons. The summed E-state index contributed by atoms with van der Waals surface area (Å²) in [7, 11) is 1.30. The van der Waals surface area contributed by atoms with Gasteiger partial charge < -0.3 is 14.2 Å². The standard InChI is InChI=1S/C27H22F3NO4/c1-33-25(32)17-34-15-18-5-2-6-19(13-18)16-35-21-8-3-7-20(14-21)22-11-12-31-26-23(22)9-4-10-24(26)27(28,29)30/h2-14H,15-17H2,1H3. The van der Waals surface area contributed by atoms with E-state index in [0.29, 0.717) is 16.7 Å². The predicted octanol–water partition coefficient (Wildman–Crippen LogP) is 6.19. The van der Waals surface area contributed by atoms with Crippen LogP contribution in [0.5, 0.6) is 5.75 Å². The normalized spacial score (nSPS) is 11.4. The lowest BCUT2D eigenvalue weighted by molar-refractivity contribution is -0.146. The molecule has 0 N–H and O–H groups in total. The average Bonchev–Trinajstić information content (AvgIpc) is 2.86. The minimum absolute atomic E-state index is 0.0879. The van der Waals surface area contributed by atoms with Crippen molar-refractivity contribution in [2.75, 3.05) is 13.7 Å². The minimum atomic E-state index is -4.49. The predicted molar refractivity (Wildman–Crippen MR) is 125 cm³/mol. The molecule has 4 rings (SSSR count). The number of rotatable bonds is 8. The molecule has 0 atom stereocenters. The highest BCUT2D eigenvalue weighted by Gasteiger charge is 2.33. The number of carbonyl (C=O) groups is 1. The van der Waals surface area contributed by atoms with E-state index in [9.17, 15) is 18.0 Å². The Bertz CT molecular complexity index is 1340. The summed E-state index contributed by atoms with van der Waals surface area (Å²) < 4.78 is 56.1. The number of hydrogen-bond donors (Lipinski definition) is 0. The van der Waals surface area contributed by atoms with Crippen LogP contribution < -0.4 is 4.74 Å². The summed E-state index contributed by atoms with van der Waals surface area (Å²) in [6.07, 6.45) is -3.11. The Morgan fingerprint density at radius 2 is 1.66 bits per heavy atom. The van der Waals surface area contributed by atoms with Gasteiger partial charge in [0.2, 0.25) is 0 Å². The van der Waals surface area contributed by atoms with Crippen LogP contribution in [0, 0.1) is 0 Å². The Kier molecular flexibility index (Phi) is 7.31. The zero-order valence-corrected chi connectivity index (χ0v) is 18.8. The van der Waals surface area contributed by atoms with Gasteiger partial charge in [0.1, 0.15) is 19.0 Å². The largest absolute Gasteiger partial charge is 0.489 e. The Balaban J connectivity index is 1.51. The van der Waals surface area contributed by atoms with Crippen LogP contribution in [0.2, 0.25) is 0 Å². The lowest BCUT2D eigenvalue weighted by Gasteiger charge is -2.13. The fourth-order valence-corrected chi connectivity index (χ4v) is 3.70. The van der Waals surface area contributed by atoms with Crippen LogP contribution in [0.25, 0.3) is 22.0 Å². The average molecular weight is 481 g/mol. The van der Waals surface area contributed by atoms with E-state index in [1.54, 1.807) is 30.3 Å². The number of nitrogens with zero attached hydrogens (tertiary/aromatic N) is 1. The van der Waals surface area contributed by atoms with Crippen LogP contribution in [0.1, 0.15) is 16.7 Å². The maximum atomic E-state index is 13.4. The molecule has 0 unspecified atom stereocenters. The Morgan fingerprint density at radius 3 is 2.43 bits per heavy atom. The molecule has 0 aliphatic heterocycles. The highest BCUT2D eigenvalue weighted by molar-refractivity contribution is 5.96. The molecule has 3 aromatic carbocycles. The third kappa shape index (κ3) is 5.96. The van der Waals surface area contributed by atoms with E-state index in [2.05, 4.69) is 9.72 Å². The molecule has 1 aromatic heterocycles. The van der Waals surface area contributed by atoms with Gasteiger partial charge in [-0.2, -0.15) is 13.2 Å². The highest BCUT2D eigenvalue weighted by Crippen LogP contribution is 2.37. The second kappa shape index (κ2) is 10.6. The SMILES string of the molecule is COC(=O)COCc1cccc(COc2cccc(-c3ccnc4c(C(F)(F)F)cccc34)c2)c1. The lowest BCUT2D eigenvalue weighted by atomic mass is 9.99. The van der Waals surface area contributed by atoms with Gasteiger partial charge >= 0.3 is 12.1 Å². The summed E-state index contributed by atoms with van der Waals surface area (Å²) in [4.78, 5) is 15.2. The first kappa shape index (κ1) is 24.2. The van der Waals surface area contributed by atoms with Crippen molar-refractivity contribution in [3.63, 3.8) is 0 Å². The molecule has 0 aliphatic rings. The minimum Gasteiger partial charge on any atom is -0.489 e. The summed E-state index contributed by atoms with van der Waals surface area (Å²) in [5.41, 5.74) is 2.29. The van der Waals surface area contributed by atoms with E-state index in [1.165, 1.54) is 19.4 Å². The van der Waals surface area contributed by atoms with Crippen molar-refractivity contribution >= 4 is 16.9 Å². The van der Waals surface area contributed by atoms with Crippen molar-refractivity contribution in [1.29, 1.82) is 0 Å². The Morgan fingerprint density at radius 1 is 0.914 bits per heavy atom. The third-order valence-corrected chi connectivity index (χ3v) is 5.33. The van der Waals surface area contributed by atoms with Crippen molar-refractivity contribution in [2.24, 2.45) is 0 Å². The van der Waals surface area contributed by atoms with E-state index < -0.39 is 17.7 Å². The Labute approximate surface area is 200 Å². The van der Waals surface area contributed by atoms with Gasteiger partial charge in [-0.15, -0.1) is 0 Å². The second-order valence-corrected chi connectivity index (χ2v) is 7.76. The first-order chi connectivity index (χ1) is 16.8. The van der Waals surface area contributed by atoms with E-state index in [-0.39, 0.29) is 25.3 Å². The topological polar surface area (TPSA) is 57.7 Å². The van der Waals surface area contributed by atoms with E-state index >= 15 is 0 Å². The summed E-state index contributed by atoms with van der Waals surface area (Å²) in [6, 6.07) is 20.5. The summed E-state index contributed by atoms with van der Waals surface area (Å²) in [6.45, 7) is 0.412. The van der Waals surface area contributed by atoms with Gasteiger partial charge in [-0.05, 0) is 46.5 Å². The molecule has 0 amide bonds.